The number of hydrogen-bond donors (Lipinski definition) is 0. The first-order valence-corrected chi connectivity index (χ1v) is 4.13. The molecule has 0 aliphatic rings. The minimum Gasteiger partial charge on any atom is -0.209 e. The number of nitrogens with zero attached hydrogens (tertiary/aromatic N) is 1. The SMILES string of the molecule is C=CCN(Cl)[C@H](C=C)C(C)C. The molecule has 0 radical (unpaired) electrons. The molecule has 0 aromatic heterocycles. The summed E-state index contributed by atoms with van der Waals surface area (Å²) in [5, 5.41) is 0. The third kappa shape index (κ3) is 3.59. The molecule has 0 aromatic carbocycles. The molecular weight excluding hydrogens is 158 g/mol. The van der Waals surface area contributed by atoms with E-state index in [-0.39, 0.29) is 6.04 Å². The van der Waals surface area contributed by atoms with Crippen LogP contribution in [0.5, 0.6) is 0 Å². The summed E-state index contributed by atoms with van der Waals surface area (Å²) in [4.78, 5) is 0. The van der Waals surface area contributed by atoms with Gasteiger partial charge < -0.3 is 0 Å². The molecule has 0 aliphatic heterocycles. The molecular formula is C9H16ClN. The first-order chi connectivity index (χ1) is 5.13. The molecule has 0 bridgehead atoms. The molecule has 0 amide bonds. The Morgan fingerprint density at radius 1 is 1.45 bits per heavy atom. The third-order valence-electron chi connectivity index (χ3n) is 1.55. The summed E-state index contributed by atoms with van der Waals surface area (Å²) in [6, 6.07) is 0.231. The maximum Gasteiger partial charge on any atom is 0.0455 e. The van der Waals surface area contributed by atoms with Crippen LogP contribution in [0.15, 0.2) is 25.3 Å². The molecule has 0 saturated heterocycles. The van der Waals surface area contributed by atoms with E-state index in [1.54, 1.807) is 10.5 Å². The van der Waals surface area contributed by atoms with Crippen LogP contribution in [0.25, 0.3) is 0 Å². The highest BCUT2D eigenvalue weighted by Gasteiger charge is 2.14. The number of hydrogen-bond acceptors (Lipinski definition) is 1. The van der Waals surface area contributed by atoms with Crippen LogP contribution in [0, 0.1) is 5.92 Å². The second-order valence-electron chi connectivity index (χ2n) is 2.84. The second-order valence-corrected chi connectivity index (χ2v) is 3.28. The van der Waals surface area contributed by atoms with Gasteiger partial charge in [-0.15, -0.1) is 13.2 Å². The fraction of sp³-hybridized carbons (Fsp3) is 0.556. The molecule has 0 unspecified atom stereocenters. The van der Waals surface area contributed by atoms with Crippen molar-refractivity contribution in [2.24, 2.45) is 5.92 Å². The van der Waals surface area contributed by atoms with Gasteiger partial charge >= 0.3 is 0 Å². The van der Waals surface area contributed by atoms with Gasteiger partial charge in [0.2, 0.25) is 0 Å². The van der Waals surface area contributed by atoms with Crippen molar-refractivity contribution in [3.8, 4) is 0 Å². The molecule has 0 aromatic rings. The Morgan fingerprint density at radius 3 is 2.27 bits per heavy atom. The second kappa shape index (κ2) is 5.39. The average molecular weight is 174 g/mol. The summed E-state index contributed by atoms with van der Waals surface area (Å²) in [6.07, 6.45) is 3.65. The molecule has 1 atom stereocenters. The quantitative estimate of drug-likeness (QED) is 0.457. The van der Waals surface area contributed by atoms with Gasteiger partial charge in [-0.05, 0) is 17.7 Å². The predicted molar refractivity (Wildman–Crippen MR) is 51.6 cm³/mol. The summed E-state index contributed by atoms with van der Waals surface area (Å²) < 4.78 is 1.71. The lowest BCUT2D eigenvalue weighted by Gasteiger charge is -2.24. The van der Waals surface area contributed by atoms with Gasteiger partial charge in [0.05, 0.1) is 0 Å². The van der Waals surface area contributed by atoms with Crippen LogP contribution in [0.1, 0.15) is 13.8 Å². The van der Waals surface area contributed by atoms with Crippen LogP contribution in [0.3, 0.4) is 0 Å². The van der Waals surface area contributed by atoms with Crippen LogP contribution < -0.4 is 0 Å². The van der Waals surface area contributed by atoms with Gasteiger partial charge in [0.25, 0.3) is 0 Å². The first kappa shape index (κ1) is 10.7. The molecule has 0 heterocycles. The highest BCUT2D eigenvalue weighted by atomic mass is 35.5. The fourth-order valence-electron chi connectivity index (χ4n) is 0.955. The van der Waals surface area contributed by atoms with Crippen molar-refractivity contribution < 1.29 is 0 Å². The molecule has 11 heavy (non-hydrogen) atoms. The van der Waals surface area contributed by atoms with E-state index in [9.17, 15) is 0 Å². The lowest BCUT2D eigenvalue weighted by atomic mass is 10.1. The monoisotopic (exact) mass is 173 g/mol. The van der Waals surface area contributed by atoms with E-state index in [2.05, 4.69) is 27.0 Å². The minimum absolute atomic E-state index is 0.231. The van der Waals surface area contributed by atoms with Crippen LogP contribution >= 0.6 is 11.8 Å². The van der Waals surface area contributed by atoms with E-state index in [0.29, 0.717) is 12.5 Å². The van der Waals surface area contributed by atoms with Crippen molar-refractivity contribution in [3.63, 3.8) is 0 Å². The summed E-state index contributed by atoms with van der Waals surface area (Å²) in [5.41, 5.74) is 0. The van der Waals surface area contributed by atoms with Crippen molar-refractivity contribution in [1.29, 1.82) is 0 Å². The largest absolute Gasteiger partial charge is 0.209 e. The molecule has 0 spiro atoms. The molecule has 2 heteroatoms. The third-order valence-corrected chi connectivity index (χ3v) is 1.91. The van der Waals surface area contributed by atoms with Gasteiger partial charge in [0, 0.05) is 12.6 Å². The van der Waals surface area contributed by atoms with Crippen LogP contribution in [0.4, 0.5) is 0 Å². The van der Waals surface area contributed by atoms with Crippen molar-refractivity contribution in [3.05, 3.63) is 25.3 Å². The topological polar surface area (TPSA) is 3.24 Å². The maximum atomic E-state index is 5.93. The van der Waals surface area contributed by atoms with Gasteiger partial charge in [-0.1, -0.05) is 26.0 Å². The average Bonchev–Trinajstić information content (AvgIpc) is 1.88. The van der Waals surface area contributed by atoms with Crippen molar-refractivity contribution in [2.45, 2.75) is 19.9 Å². The smallest absolute Gasteiger partial charge is 0.0455 e. The van der Waals surface area contributed by atoms with Gasteiger partial charge in [-0.3, -0.25) is 0 Å². The predicted octanol–water partition coefficient (Wildman–Crippen LogP) is 2.84. The lowest BCUT2D eigenvalue weighted by molar-refractivity contribution is 0.343. The Morgan fingerprint density at radius 2 is 2.00 bits per heavy atom. The molecule has 0 N–H and O–H groups in total. The zero-order valence-corrected chi connectivity index (χ0v) is 8.01. The molecule has 0 fully saturated rings. The van der Waals surface area contributed by atoms with Crippen LogP contribution in [-0.4, -0.2) is 17.0 Å². The Bertz CT molecular complexity index is 132. The molecule has 0 aliphatic carbocycles. The highest BCUT2D eigenvalue weighted by molar-refractivity contribution is 6.13. The van der Waals surface area contributed by atoms with Crippen LogP contribution in [0.2, 0.25) is 0 Å². The Labute approximate surface area is 74.5 Å². The zero-order chi connectivity index (χ0) is 8.85. The number of rotatable bonds is 5. The summed E-state index contributed by atoms with van der Waals surface area (Å²) in [5.74, 6) is 0.491. The number of halogens is 1. The van der Waals surface area contributed by atoms with Gasteiger partial charge in [0.15, 0.2) is 0 Å². The molecule has 0 saturated carbocycles. The summed E-state index contributed by atoms with van der Waals surface area (Å²) >= 11 is 5.93. The van der Waals surface area contributed by atoms with E-state index in [0.717, 1.165) is 0 Å². The highest BCUT2D eigenvalue weighted by Crippen LogP contribution is 2.13. The van der Waals surface area contributed by atoms with E-state index in [1.807, 2.05) is 6.08 Å². The van der Waals surface area contributed by atoms with Crippen molar-refractivity contribution in [2.75, 3.05) is 6.54 Å². The molecule has 1 nitrogen and oxygen atoms in total. The van der Waals surface area contributed by atoms with Gasteiger partial charge in [-0.25, -0.2) is 4.42 Å². The van der Waals surface area contributed by atoms with Gasteiger partial charge in [-0.2, -0.15) is 0 Å². The Kier molecular flexibility index (Phi) is 5.26. The van der Waals surface area contributed by atoms with Crippen LogP contribution in [-0.2, 0) is 0 Å². The van der Waals surface area contributed by atoms with Crippen molar-refractivity contribution in [1.82, 2.24) is 4.42 Å². The van der Waals surface area contributed by atoms with Crippen molar-refractivity contribution >= 4 is 11.8 Å². The lowest BCUT2D eigenvalue weighted by Crippen LogP contribution is -2.29. The zero-order valence-electron chi connectivity index (χ0n) is 7.26. The van der Waals surface area contributed by atoms with E-state index in [1.165, 1.54) is 0 Å². The Hall–Kier alpha value is -0.270. The first-order valence-electron chi connectivity index (χ1n) is 3.79. The van der Waals surface area contributed by atoms with Gasteiger partial charge in [0.1, 0.15) is 0 Å². The van der Waals surface area contributed by atoms with E-state index < -0.39 is 0 Å². The summed E-state index contributed by atoms with van der Waals surface area (Å²) in [6.45, 7) is 12.3. The van der Waals surface area contributed by atoms with E-state index >= 15 is 0 Å². The van der Waals surface area contributed by atoms with E-state index in [4.69, 9.17) is 11.8 Å². The Balaban J connectivity index is 4.01. The summed E-state index contributed by atoms with van der Waals surface area (Å²) in [7, 11) is 0. The fourth-order valence-corrected chi connectivity index (χ4v) is 1.36. The minimum atomic E-state index is 0.231. The molecule has 64 valence electrons. The maximum absolute atomic E-state index is 5.93. The standard InChI is InChI=1S/C9H16ClN/c1-5-7-11(10)9(6-2)8(3)4/h5-6,8-9H,1-2,7H2,3-4H3/t9-/m1/s1. The normalized spacial score (nSPS) is 13.5. The molecule has 0 rings (SSSR count).